The lowest BCUT2D eigenvalue weighted by atomic mass is 10.0. The Labute approximate surface area is 119 Å². The Hall–Kier alpha value is -1.82. The molecule has 0 atom stereocenters. The van der Waals surface area contributed by atoms with Crippen LogP contribution in [0.25, 0.3) is 0 Å². The van der Waals surface area contributed by atoms with Gasteiger partial charge in [-0.1, -0.05) is 28.6 Å². The van der Waals surface area contributed by atoms with Gasteiger partial charge >= 0.3 is 12.0 Å². The number of aromatic carboxylic acids is 1. The quantitative estimate of drug-likeness (QED) is 0.795. The van der Waals surface area contributed by atoms with Crippen LogP contribution in [0.2, 0.25) is 0 Å². The molecule has 1 aromatic rings. The maximum absolute atomic E-state index is 11.7. The van der Waals surface area contributed by atoms with E-state index in [1.54, 1.807) is 13.8 Å². The van der Waals surface area contributed by atoms with Gasteiger partial charge in [0.25, 0.3) is 0 Å². The largest absolute Gasteiger partial charge is 0.478 e. The summed E-state index contributed by atoms with van der Waals surface area (Å²) in [7, 11) is 0. The predicted octanol–water partition coefficient (Wildman–Crippen LogP) is 3.03. The molecule has 0 aliphatic heterocycles. The monoisotopic (exact) mass is 326 g/mol. The normalized spacial score (nSPS) is 9.84. The van der Waals surface area contributed by atoms with Gasteiger partial charge in [-0.25, -0.2) is 9.59 Å². The third-order valence-corrected chi connectivity index (χ3v) is 2.67. The van der Waals surface area contributed by atoms with E-state index in [0.717, 1.165) is 5.56 Å². The number of nitrogens with one attached hydrogen (secondary N) is 2. The molecule has 0 aliphatic rings. The average Bonchev–Trinajstić information content (AvgIpc) is 2.29. The average molecular weight is 327 g/mol. The lowest BCUT2D eigenvalue weighted by molar-refractivity contribution is 0.0698. The van der Waals surface area contributed by atoms with Crippen molar-refractivity contribution in [2.75, 3.05) is 11.9 Å². The number of amides is 2. The minimum atomic E-state index is -1.08. The van der Waals surface area contributed by atoms with Crippen molar-refractivity contribution in [1.29, 1.82) is 0 Å². The van der Waals surface area contributed by atoms with Gasteiger partial charge in [0.1, 0.15) is 0 Å². The molecule has 0 aliphatic carbocycles. The fourth-order valence-electron chi connectivity index (χ4n) is 1.64. The highest BCUT2D eigenvalue weighted by Crippen LogP contribution is 2.22. The van der Waals surface area contributed by atoms with Crippen LogP contribution in [-0.4, -0.2) is 23.7 Å². The molecule has 0 radical (unpaired) electrons. The highest BCUT2D eigenvalue weighted by Gasteiger charge is 2.15. The van der Waals surface area contributed by atoms with Gasteiger partial charge < -0.3 is 15.7 Å². The fraction of sp³-hybridized carbons (Fsp3) is 0.231. The molecule has 6 heteroatoms. The zero-order valence-electron chi connectivity index (χ0n) is 10.7. The van der Waals surface area contributed by atoms with Crippen LogP contribution in [-0.2, 0) is 0 Å². The zero-order valence-corrected chi connectivity index (χ0v) is 12.3. The van der Waals surface area contributed by atoms with Gasteiger partial charge in [-0.15, -0.1) is 0 Å². The van der Waals surface area contributed by atoms with Crippen molar-refractivity contribution in [2.24, 2.45) is 0 Å². The lowest BCUT2D eigenvalue weighted by Crippen LogP contribution is -2.30. The first kappa shape index (κ1) is 15.2. The molecule has 0 saturated carbocycles. The molecular weight excluding hydrogens is 312 g/mol. The number of rotatable bonds is 4. The number of carbonyl (C=O) groups excluding carboxylic acids is 1. The molecule has 0 saturated heterocycles. The Kier molecular flexibility index (Phi) is 5.11. The maximum atomic E-state index is 11.7. The van der Waals surface area contributed by atoms with Gasteiger partial charge in [-0.05, 0) is 31.0 Å². The lowest BCUT2D eigenvalue weighted by Gasteiger charge is -2.13. The van der Waals surface area contributed by atoms with Crippen molar-refractivity contribution >= 4 is 33.6 Å². The topological polar surface area (TPSA) is 78.4 Å². The molecule has 0 heterocycles. The second-order valence-corrected chi connectivity index (χ2v) is 5.26. The molecule has 19 heavy (non-hydrogen) atoms. The van der Waals surface area contributed by atoms with Crippen LogP contribution in [0.5, 0.6) is 0 Å². The van der Waals surface area contributed by atoms with Gasteiger partial charge in [0.05, 0.1) is 17.8 Å². The molecule has 0 fully saturated rings. The fourth-order valence-corrected chi connectivity index (χ4v) is 1.78. The Morgan fingerprint density at radius 3 is 2.53 bits per heavy atom. The summed E-state index contributed by atoms with van der Waals surface area (Å²) >= 11 is 3.12. The van der Waals surface area contributed by atoms with Crippen LogP contribution in [0.4, 0.5) is 10.5 Å². The molecule has 0 spiro atoms. The second kappa shape index (κ2) is 6.38. The van der Waals surface area contributed by atoms with Crippen LogP contribution >= 0.6 is 15.9 Å². The van der Waals surface area contributed by atoms with Gasteiger partial charge in [-0.2, -0.15) is 0 Å². The van der Waals surface area contributed by atoms with Gasteiger partial charge in [0.15, 0.2) is 0 Å². The first-order valence-corrected chi connectivity index (χ1v) is 6.33. The highest BCUT2D eigenvalue weighted by atomic mass is 79.9. The van der Waals surface area contributed by atoms with Crippen molar-refractivity contribution in [2.45, 2.75) is 13.8 Å². The number of hydrogen-bond acceptors (Lipinski definition) is 2. The van der Waals surface area contributed by atoms with Crippen LogP contribution in [0.15, 0.2) is 23.2 Å². The van der Waals surface area contributed by atoms with E-state index in [2.05, 4.69) is 33.1 Å². The predicted molar refractivity (Wildman–Crippen MR) is 78.0 cm³/mol. The molecule has 2 amide bonds. The number of anilines is 1. The summed E-state index contributed by atoms with van der Waals surface area (Å²) in [6.07, 6.45) is 0. The first-order valence-electron chi connectivity index (χ1n) is 5.54. The van der Waals surface area contributed by atoms with Gasteiger partial charge in [0, 0.05) is 4.48 Å². The minimum absolute atomic E-state index is 0.0744. The third kappa shape index (κ3) is 4.40. The van der Waals surface area contributed by atoms with Crippen molar-refractivity contribution in [3.05, 3.63) is 39.9 Å². The summed E-state index contributed by atoms with van der Waals surface area (Å²) in [4.78, 5) is 22.8. The molecule has 0 unspecified atom stereocenters. The molecular formula is C13H15BrN2O3. The van der Waals surface area contributed by atoms with E-state index in [-0.39, 0.29) is 12.1 Å². The number of halogens is 1. The van der Waals surface area contributed by atoms with E-state index in [0.29, 0.717) is 15.7 Å². The summed E-state index contributed by atoms with van der Waals surface area (Å²) in [6, 6.07) is 2.86. The summed E-state index contributed by atoms with van der Waals surface area (Å²) in [6.45, 7) is 7.40. The molecule has 1 rings (SSSR count). The number of carbonyl (C=O) groups is 2. The smallest absolute Gasteiger partial charge is 0.337 e. The van der Waals surface area contributed by atoms with Crippen LogP contribution in [0.3, 0.4) is 0 Å². The molecule has 0 bridgehead atoms. The number of benzene rings is 1. The van der Waals surface area contributed by atoms with E-state index in [1.807, 2.05) is 6.07 Å². The minimum Gasteiger partial charge on any atom is -0.478 e. The van der Waals surface area contributed by atoms with E-state index >= 15 is 0 Å². The van der Waals surface area contributed by atoms with Crippen LogP contribution in [0, 0.1) is 13.8 Å². The third-order valence-electron chi connectivity index (χ3n) is 2.39. The maximum Gasteiger partial charge on any atom is 0.337 e. The number of hydrogen-bond donors (Lipinski definition) is 3. The Morgan fingerprint density at radius 2 is 2.00 bits per heavy atom. The Balaban J connectivity index is 2.97. The van der Waals surface area contributed by atoms with Crippen molar-refractivity contribution in [3.63, 3.8) is 0 Å². The first-order chi connectivity index (χ1) is 8.81. The summed E-state index contributed by atoms with van der Waals surface area (Å²) < 4.78 is 0.627. The van der Waals surface area contributed by atoms with Gasteiger partial charge in [0.2, 0.25) is 0 Å². The number of carboxylic acid groups (broad SMARTS) is 1. The Morgan fingerprint density at radius 1 is 1.37 bits per heavy atom. The van der Waals surface area contributed by atoms with Gasteiger partial charge in [-0.3, -0.25) is 0 Å². The summed E-state index contributed by atoms with van der Waals surface area (Å²) in [5.74, 6) is -1.08. The molecule has 3 N–H and O–H groups in total. The molecule has 5 nitrogen and oxygen atoms in total. The molecule has 1 aromatic carbocycles. The number of aryl methyl sites for hydroxylation is 2. The summed E-state index contributed by atoms with van der Waals surface area (Å²) in [5, 5.41) is 14.3. The Bertz CT molecular complexity index is 541. The van der Waals surface area contributed by atoms with Crippen molar-refractivity contribution in [1.82, 2.24) is 5.32 Å². The standard InChI is InChI=1S/C13H15BrN2O3/c1-7-4-8(2)11(10(5-7)12(17)18)16-13(19)15-6-9(3)14/h4-5H,3,6H2,1-2H3,(H,17,18)(H2,15,16,19). The summed E-state index contributed by atoms with van der Waals surface area (Å²) in [5.41, 5.74) is 1.90. The highest BCUT2D eigenvalue weighted by molar-refractivity contribution is 9.11. The molecule has 0 aromatic heterocycles. The van der Waals surface area contributed by atoms with E-state index in [1.165, 1.54) is 6.07 Å². The number of urea groups is 1. The van der Waals surface area contributed by atoms with Crippen LogP contribution < -0.4 is 10.6 Å². The van der Waals surface area contributed by atoms with Crippen molar-refractivity contribution < 1.29 is 14.7 Å². The van der Waals surface area contributed by atoms with E-state index in [9.17, 15) is 9.59 Å². The van der Waals surface area contributed by atoms with Crippen LogP contribution in [0.1, 0.15) is 21.5 Å². The number of carboxylic acids is 1. The second-order valence-electron chi connectivity index (χ2n) is 4.13. The molecule has 102 valence electrons. The van der Waals surface area contributed by atoms with E-state index < -0.39 is 12.0 Å². The zero-order chi connectivity index (χ0) is 14.6. The van der Waals surface area contributed by atoms with Crippen molar-refractivity contribution in [3.8, 4) is 0 Å². The SMILES string of the molecule is C=C(Br)CNC(=O)Nc1c(C)cc(C)cc1C(=O)O. The van der Waals surface area contributed by atoms with E-state index in [4.69, 9.17) is 5.11 Å².